The molecule has 5 rings (SSSR count). The molecule has 1 aliphatic rings. The first-order chi connectivity index (χ1) is 33.0. The Balaban J connectivity index is 1.53. The molecule has 1 aliphatic carbocycles. The number of benzene rings is 4. The number of unbranched alkanes of at least 4 members (excludes halogenated alkanes) is 18. The summed E-state index contributed by atoms with van der Waals surface area (Å²) in [7, 11) is -1.33. The molecule has 0 N–H and O–H groups in total. The lowest BCUT2D eigenvalue weighted by molar-refractivity contribution is 0.401. The fraction of sp³-hybridized carbons (Fsp3) is 0.569. The summed E-state index contributed by atoms with van der Waals surface area (Å²) >= 11 is 0. The van der Waals surface area contributed by atoms with Gasteiger partial charge < -0.3 is 0 Å². The molecule has 0 atom stereocenters. The molecule has 0 saturated heterocycles. The smallest absolute Gasteiger partial charge is 0.0654 e. The Bertz CT molecular complexity index is 1960. The highest BCUT2D eigenvalue weighted by Crippen LogP contribution is 2.54. The lowest BCUT2D eigenvalue weighted by Gasteiger charge is -2.33. The summed E-state index contributed by atoms with van der Waals surface area (Å²) in [5, 5.41) is 3.16. The van der Waals surface area contributed by atoms with Crippen LogP contribution >= 0.6 is 0 Å². The minimum absolute atomic E-state index is 0.0162. The van der Waals surface area contributed by atoms with E-state index in [2.05, 4.69) is 150 Å². The Morgan fingerprint density at radius 1 is 0.343 bits per heavy atom. The first-order valence-electron chi connectivity index (χ1n) is 28.2. The van der Waals surface area contributed by atoms with E-state index in [1.165, 1.54) is 236 Å². The Kier molecular flexibility index (Phi) is 25.6. The normalized spacial score (nSPS) is 12.5. The quantitative estimate of drug-likeness (QED) is 0.0260. The van der Waals surface area contributed by atoms with Crippen LogP contribution in [0.1, 0.15) is 242 Å². The molecule has 0 aromatic heterocycles. The van der Waals surface area contributed by atoms with Gasteiger partial charge in [-0.25, -0.2) is 0 Å². The SMILES string of the molecule is CCCCCC[Si](CCCCCC)c1ccccc1C#Cc1ccc2c(c1)C(CCCCCC)(CCCCCC)c1cc(C#Cc3ccccc3[Si](CCCCCC)CCCCCC)ccc1-2. The van der Waals surface area contributed by atoms with Crippen LogP contribution in [0.5, 0.6) is 0 Å². The van der Waals surface area contributed by atoms with E-state index in [4.69, 9.17) is 0 Å². The van der Waals surface area contributed by atoms with E-state index < -0.39 is 17.6 Å². The third-order valence-electron chi connectivity index (χ3n) is 14.9. The van der Waals surface area contributed by atoms with Crippen molar-refractivity contribution in [3.63, 3.8) is 0 Å². The van der Waals surface area contributed by atoms with E-state index in [9.17, 15) is 0 Å². The molecule has 360 valence electrons. The van der Waals surface area contributed by atoms with E-state index in [1.54, 1.807) is 10.4 Å². The monoisotopic (exact) mass is 929 g/mol. The molecule has 0 bridgehead atoms. The van der Waals surface area contributed by atoms with Gasteiger partial charge in [0.1, 0.15) is 0 Å². The van der Waals surface area contributed by atoms with Crippen molar-refractivity contribution in [2.24, 2.45) is 0 Å². The zero-order chi connectivity index (χ0) is 47.4. The lowest BCUT2D eigenvalue weighted by Crippen LogP contribution is -2.32. The zero-order valence-electron chi connectivity index (χ0n) is 43.8. The molecule has 0 aliphatic heterocycles. The van der Waals surface area contributed by atoms with Crippen molar-refractivity contribution in [1.82, 2.24) is 0 Å². The molecule has 67 heavy (non-hydrogen) atoms. The van der Waals surface area contributed by atoms with E-state index in [0.29, 0.717) is 0 Å². The van der Waals surface area contributed by atoms with Crippen LogP contribution in [0.4, 0.5) is 0 Å². The van der Waals surface area contributed by atoms with Gasteiger partial charge >= 0.3 is 0 Å². The Labute approximate surface area is 417 Å². The zero-order valence-corrected chi connectivity index (χ0v) is 45.8. The van der Waals surface area contributed by atoms with Crippen molar-refractivity contribution in [3.05, 3.63) is 118 Å². The van der Waals surface area contributed by atoms with Crippen LogP contribution in [0.2, 0.25) is 24.2 Å². The molecule has 0 heterocycles. The lowest BCUT2D eigenvalue weighted by atomic mass is 9.70. The predicted octanol–water partition coefficient (Wildman–Crippen LogP) is 18.4. The van der Waals surface area contributed by atoms with Crippen LogP contribution in [0.15, 0.2) is 84.9 Å². The maximum absolute atomic E-state index is 3.82. The fourth-order valence-corrected chi connectivity index (χ4v) is 17.0. The summed E-state index contributed by atoms with van der Waals surface area (Å²) in [6, 6.07) is 38.7. The molecule has 0 fully saturated rings. The highest BCUT2D eigenvalue weighted by Gasteiger charge is 2.42. The van der Waals surface area contributed by atoms with Crippen molar-refractivity contribution in [1.29, 1.82) is 0 Å². The second kappa shape index (κ2) is 31.5. The van der Waals surface area contributed by atoms with Gasteiger partial charge in [0.15, 0.2) is 0 Å². The molecule has 0 nitrogen and oxygen atoms in total. The minimum atomic E-state index is -0.667. The summed E-state index contributed by atoms with van der Waals surface area (Å²) in [6.45, 7) is 14.0. The molecule has 0 saturated carbocycles. The van der Waals surface area contributed by atoms with Crippen molar-refractivity contribution >= 4 is 28.0 Å². The van der Waals surface area contributed by atoms with E-state index in [-0.39, 0.29) is 5.41 Å². The van der Waals surface area contributed by atoms with Gasteiger partial charge in [-0.3, -0.25) is 0 Å². The topological polar surface area (TPSA) is 0 Å². The van der Waals surface area contributed by atoms with Crippen LogP contribution < -0.4 is 10.4 Å². The summed E-state index contributed by atoms with van der Waals surface area (Å²) < 4.78 is 0. The second-order valence-electron chi connectivity index (χ2n) is 20.3. The highest BCUT2D eigenvalue weighted by atomic mass is 28.3. The number of rotatable bonds is 32. The standard InChI is InChI=1S/C65H92Si2/c1-7-13-19-29-47-65(48-30-20-14-8-2)61-53-55(39-43-57-35-25-27-37-63(57)66(49-31-21-15-9-3)50-32-22-16-10-4)41-45-59(61)60-46-42-56(54-62(60)65)40-44-58-36-26-28-38-64(58)67(51-33-23-17-11-5)52-34-24-18-12-6/h25-28,35-38,41-42,45-46,53-54H,7-24,29-34,47-52H2,1-6H3. The van der Waals surface area contributed by atoms with Gasteiger partial charge in [0.05, 0.1) is 17.6 Å². The highest BCUT2D eigenvalue weighted by molar-refractivity contribution is 6.74. The third-order valence-corrected chi connectivity index (χ3v) is 21.1. The summed E-state index contributed by atoms with van der Waals surface area (Å²) in [5.74, 6) is 15.2. The van der Waals surface area contributed by atoms with E-state index in [0.717, 1.165) is 0 Å². The fourth-order valence-electron chi connectivity index (χ4n) is 11.0. The van der Waals surface area contributed by atoms with Crippen LogP contribution in [0.3, 0.4) is 0 Å². The molecular weight excluding hydrogens is 837 g/mol. The van der Waals surface area contributed by atoms with Crippen LogP contribution in [-0.2, 0) is 5.41 Å². The van der Waals surface area contributed by atoms with Crippen molar-refractivity contribution < 1.29 is 0 Å². The Morgan fingerprint density at radius 3 is 1.01 bits per heavy atom. The molecule has 0 spiro atoms. The Morgan fingerprint density at radius 2 is 0.672 bits per heavy atom. The van der Waals surface area contributed by atoms with Crippen molar-refractivity contribution in [2.45, 2.75) is 238 Å². The van der Waals surface area contributed by atoms with Gasteiger partial charge in [0, 0.05) is 27.7 Å². The maximum Gasteiger partial charge on any atom is 0.0873 e. The van der Waals surface area contributed by atoms with Gasteiger partial charge in [-0.05, 0) is 81.9 Å². The average molecular weight is 930 g/mol. The molecule has 4 aromatic rings. The molecular formula is C65H92Si2. The van der Waals surface area contributed by atoms with Gasteiger partial charge in [-0.15, -0.1) is 0 Å². The Hall–Kier alpha value is -3.57. The van der Waals surface area contributed by atoms with Crippen LogP contribution in [0.25, 0.3) is 11.1 Å². The molecule has 2 radical (unpaired) electrons. The predicted molar refractivity (Wildman–Crippen MR) is 302 cm³/mol. The van der Waals surface area contributed by atoms with Gasteiger partial charge in [0.2, 0.25) is 0 Å². The number of fused-ring (bicyclic) bond motifs is 3. The summed E-state index contributed by atoms with van der Waals surface area (Å²) in [4.78, 5) is 0. The number of hydrogen-bond donors (Lipinski definition) is 0. The first kappa shape index (κ1) is 54.4. The van der Waals surface area contributed by atoms with Crippen molar-refractivity contribution in [2.75, 3.05) is 0 Å². The second-order valence-corrected chi connectivity index (χ2v) is 25.8. The van der Waals surface area contributed by atoms with Crippen LogP contribution in [-0.4, -0.2) is 17.6 Å². The largest absolute Gasteiger partial charge is 0.0873 e. The molecule has 0 unspecified atom stereocenters. The molecule has 4 aromatic carbocycles. The first-order valence-corrected chi connectivity index (χ1v) is 32.1. The maximum atomic E-state index is 3.82. The van der Waals surface area contributed by atoms with E-state index in [1.807, 2.05) is 0 Å². The van der Waals surface area contributed by atoms with Crippen LogP contribution in [0, 0.1) is 23.7 Å². The summed E-state index contributed by atoms with van der Waals surface area (Å²) in [6.07, 6.45) is 34.2. The minimum Gasteiger partial charge on any atom is -0.0654 e. The average Bonchev–Trinajstić information content (AvgIpc) is 3.62. The van der Waals surface area contributed by atoms with E-state index >= 15 is 0 Å². The molecule has 0 amide bonds. The van der Waals surface area contributed by atoms with Gasteiger partial charge in [0.25, 0.3) is 0 Å². The van der Waals surface area contributed by atoms with Gasteiger partial charge in [-0.2, -0.15) is 0 Å². The third kappa shape index (κ3) is 16.8. The number of hydrogen-bond acceptors (Lipinski definition) is 0. The van der Waals surface area contributed by atoms with Gasteiger partial charge in [-0.1, -0.05) is 292 Å². The van der Waals surface area contributed by atoms with Crippen molar-refractivity contribution in [3.8, 4) is 34.8 Å². The summed E-state index contributed by atoms with van der Waals surface area (Å²) in [5.41, 5.74) is 10.8. The molecule has 2 heteroatoms.